The first-order chi connectivity index (χ1) is 29.6. The second kappa shape index (κ2) is 20.2. The Kier molecular flexibility index (Phi) is 14.2. The van der Waals surface area contributed by atoms with Crippen LogP contribution in [0.1, 0.15) is 154 Å². The van der Waals surface area contributed by atoms with Gasteiger partial charge in [-0.2, -0.15) is 0 Å². The number of aromatic nitrogens is 4. The molecule has 8 rings (SSSR count). The second-order valence-electron chi connectivity index (χ2n) is 18.1. The van der Waals surface area contributed by atoms with Crippen LogP contribution in [0, 0.1) is 0 Å². The molecule has 0 aliphatic rings. The van der Waals surface area contributed by atoms with Gasteiger partial charge < -0.3 is 18.3 Å². The molecule has 0 unspecified atom stereocenters. The molecule has 316 valence electrons. The minimum Gasteiger partial charge on any atom is -0.334 e. The van der Waals surface area contributed by atoms with Crippen LogP contribution in [0.4, 0.5) is 0 Å². The van der Waals surface area contributed by atoms with Crippen molar-refractivity contribution in [2.24, 2.45) is 14.1 Å². The zero-order valence-corrected chi connectivity index (χ0v) is 37.6. The van der Waals surface area contributed by atoms with Crippen LogP contribution < -0.4 is 0 Å². The van der Waals surface area contributed by atoms with Gasteiger partial charge in [0.25, 0.3) is 0 Å². The molecular formula is C56H72N4. The van der Waals surface area contributed by atoms with Gasteiger partial charge in [-0.15, -0.1) is 0 Å². The quantitative estimate of drug-likeness (QED) is 0.0428. The Balaban J connectivity index is 0.943. The number of nitrogens with zero attached hydrogens (tertiary/aromatic N) is 4. The van der Waals surface area contributed by atoms with E-state index in [1.54, 1.807) is 0 Å². The third-order valence-corrected chi connectivity index (χ3v) is 14.0. The molecule has 0 bridgehead atoms. The summed E-state index contributed by atoms with van der Waals surface area (Å²) >= 11 is 0. The molecule has 0 aliphatic carbocycles. The van der Waals surface area contributed by atoms with Crippen molar-refractivity contribution in [2.45, 2.75) is 155 Å². The molecule has 0 atom stereocenters. The maximum absolute atomic E-state index is 2.41. The van der Waals surface area contributed by atoms with Gasteiger partial charge in [-0.05, 0) is 107 Å². The monoisotopic (exact) mass is 801 g/mol. The fourth-order valence-electron chi connectivity index (χ4n) is 10.3. The van der Waals surface area contributed by atoms with E-state index in [1.807, 2.05) is 0 Å². The van der Waals surface area contributed by atoms with Crippen molar-refractivity contribution in [3.8, 4) is 11.6 Å². The molecule has 0 saturated carbocycles. The van der Waals surface area contributed by atoms with E-state index in [-0.39, 0.29) is 0 Å². The summed E-state index contributed by atoms with van der Waals surface area (Å²) in [6.45, 7) is 4.60. The van der Waals surface area contributed by atoms with Crippen molar-refractivity contribution in [1.82, 2.24) is 18.3 Å². The molecule has 4 nitrogen and oxygen atoms in total. The Labute approximate surface area is 360 Å². The molecule has 0 N–H and O–H groups in total. The molecule has 0 radical (unpaired) electrons. The molecule has 0 spiro atoms. The Morgan fingerprint density at radius 3 is 0.950 bits per heavy atom. The minimum absolute atomic E-state index is 1.15. The molecule has 4 heterocycles. The van der Waals surface area contributed by atoms with Gasteiger partial charge in [0.05, 0.1) is 11.0 Å². The maximum atomic E-state index is 2.41. The van der Waals surface area contributed by atoms with Gasteiger partial charge in [-0.25, -0.2) is 0 Å². The van der Waals surface area contributed by atoms with Gasteiger partial charge in [-0.1, -0.05) is 166 Å². The number of benzene rings is 4. The van der Waals surface area contributed by atoms with Crippen molar-refractivity contribution in [3.05, 3.63) is 109 Å². The van der Waals surface area contributed by atoms with Crippen LogP contribution in [0.5, 0.6) is 0 Å². The van der Waals surface area contributed by atoms with E-state index in [2.05, 4.69) is 144 Å². The maximum Gasteiger partial charge on any atom is 0.117 e. The summed E-state index contributed by atoms with van der Waals surface area (Å²) in [6.07, 6.45) is 34.4. The lowest BCUT2D eigenvalue weighted by Crippen LogP contribution is -2.04. The van der Waals surface area contributed by atoms with Crippen LogP contribution >= 0.6 is 0 Å². The molecule has 0 fully saturated rings. The number of rotatable bonds is 24. The van der Waals surface area contributed by atoms with E-state index in [1.165, 1.54) is 206 Å². The number of hydrogen-bond acceptors (Lipinski definition) is 0. The summed E-state index contributed by atoms with van der Waals surface area (Å²) in [5, 5.41) is 10.6. The van der Waals surface area contributed by atoms with Gasteiger partial charge in [0.2, 0.25) is 0 Å². The largest absolute Gasteiger partial charge is 0.334 e. The molecule has 0 saturated heterocycles. The summed E-state index contributed by atoms with van der Waals surface area (Å²) in [7, 11) is 4.49. The van der Waals surface area contributed by atoms with Crippen LogP contribution in [-0.2, 0) is 26.9 Å². The van der Waals surface area contributed by atoms with Crippen molar-refractivity contribution in [3.63, 3.8) is 0 Å². The second-order valence-corrected chi connectivity index (χ2v) is 18.1. The predicted octanol–water partition coefficient (Wildman–Crippen LogP) is 16.6. The number of fused-ring (bicyclic) bond motifs is 9. The Morgan fingerprint density at radius 1 is 0.300 bits per heavy atom. The highest BCUT2D eigenvalue weighted by atomic mass is 15.1. The van der Waals surface area contributed by atoms with E-state index < -0.39 is 0 Å². The topological polar surface area (TPSA) is 19.7 Å². The summed E-state index contributed by atoms with van der Waals surface area (Å²) < 4.78 is 9.59. The SMILES string of the molecule is CCCCCCCCCCCCc1ccc(-n2ccc3c4ccc5c(ccc6c5ccc5c6ccn5-c5ccc(CCCCCCCCCCCC)n5C)c4ccc32)n1C. The summed E-state index contributed by atoms with van der Waals surface area (Å²) in [6, 6.07) is 32.8. The zero-order chi connectivity index (χ0) is 41.3. The van der Waals surface area contributed by atoms with Gasteiger partial charge >= 0.3 is 0 Å². The summed E-state index contributed by atoms with van der Waals surface area (Å²) in [4.78, 5) is 0. The van der Waals surface area contributed by atoms with Crippen molar-refractivity contribution in [1.29, 1.82) is 0 Å². The van der Waals surface area contributed by atoms with Crippen molar-refractivity contribution < 1.29 is 0 Å². The van der Waals surface area contributed by atoms with Gasteiger partial charge in [-0.3, -0.25) is 0 Å². The molecule has 4 heteroatoms. The van der Waals surface area contributed by atoms with Crippen LogP contribution in [0.15, 0.2) is 97.3 Å². The average Bonchev–Trinajstić information content (AvgIpc) is 4.07. The van der Waals surface area contributed by atoms with E-state index in [9.17, 15) is 0 Å². The fourth-order valence-corrected chi connectivity index (χ4v) is 10.3. The van der Waals surface area contributed by atoms with Gasteiger partial charge in [0.15, 0.2) is 0 Å². The Bertz CT molecular complexity index is 2440. The molecule has 0 aliphatic heterocycles. The first-order valence-electron chi connectivity index (χ1n) is 24.3. The normalized spacial score (nSPS) is 12.1. The van der Waals surface area contributed by atoms with Gasteiger partial charge in [0.1, 0.15) is 11.6 Å². The summed E-state index contributed by atoms with van der Waals surface area (Å²) in [5.41, 5.74) is 5.40. The average molecular weight is 801 g/mol. The summed E-state index contributed by atoms with van der Waals surface area (Å²) in [5.74, 6) is 2.49. The first kappa shape index (κ1) is 42.0. The Hall–Kier alpha value is -4.70. The van der Waals surface area contributed by atoms with E-state index >= 15 is 0 Å². The number of hydrogen-bond donors (Lipinski definition) is 0. The molecule has 0 amide bonds. The van der Waals surface area contributed by atoms with Crippen molar-refractivity contribution >= 4 is 54.1 Å². The first-order valence-corrected chi connectivity index (χ1v) is 24.3. The van der Waals surface area contributed by atoms with Crippen LogP contribution in [-0.4, -0.2) is 18.3 Å². The smallest absolute Gasteiger partial charge is 0.117 e. The highest BCUT2D eigenvalue weighted by molar-refractivity contribution is 6.24. The lowest BCUT2D eigenvalue weighted by molar-refractivity contribution is 0.554. The lowest BCUT2D eigenvalue weighted by Gasteiger charge is -2.13. The van der Waals surface area contributed by atoms with E-state index in [0.29, 0.717) is 0 Å². The third-order valence-electron chi connectivity index (χ3n) is 14.0. The van der Waals surface area contributed by atoms with Gasteiger partial charge in [0, 0.05) is 48.6 Å². The Morgan fingerprint density at radius 2 is 0.600 bits per heavy atom. The minimum atomic E-state index is 1.15. The number of unbranched alkanes of at least 4 members (excludes halogenated alkanes) is 18. The van der Waals surface area contributed by atoms with E-state index in [0.717, 1.165) is 12.8 Å². The third kappa shape index (κ3) is 9.00. The molecule has 4 aromatic heterocycles. The highest BCUT2D eigenvalue weighted by Crippen LogP contribution is 2.38. The number of aryl methyl sites for hydroxylation is 2. The molecule has 4 aromatic carbocycles. The molecule has 8 aromatic rings. The molecular weight excluding hydrogens is 729 g/mol. The van der Waals surface area contributed by atoms with Crippen LogP contribution in [0.2, 0.25) is 0 Å². The predicted molar refractivity (Wildman–Crippen MR) is 262 cm³/mol. The van der Waals surface area contributed by atoms with Crippen LogP contribution in [0.3, 0.4) is 0 Å². The fraction of sp³-hybridized carbons (Fsp3) is 0.464. The lowest BCUT2D eigenvalue weighted by atomic mass is 9.94. The molecule has 60 heavy (non-hydrogen) atoms. The standard InChI is InChI=1S/C56H72N4/c1-5-7-9-11-13-15-17-19-21-23-25-43-27-37-55(57(43)3)59-41-39-51-49-31-29-46-45(47(49)33-35-53(51)59)30-32-50-48(46)34-36-54-52(50)40-42-60(54)56-38-28-44(58(56)4)26-24-22-20-18-16-14-12-10-8-6-2/h27-42H,5-26H2,1-4H3. The highest BCUT2D eigenvalue weighted by Gasteiger charge is 2.16. The zero-order valence-electron chi connectivity index (χ0n) is 37.6. The van der Waals surface area contributed by atoms with E-state index in [4.69, 9.17) is 0 Å². The van der Waals surface area contributed by atoms with Crippen molar-refractivity contribution in [2.75, 3.05) is 0 Å². The van der Waals surface area contributed by atoms with Crippen LogP contribution in [0.25, 0.3) is 65.8 Å².